The Morgan fingerprint density at radius 2 is 1.89 bits per heavy atom. The van der Waals surface area contributed by atoms with Gasteiger partial charge in [-0.05, 0) is 46.6 Å². The predicted molar refractivity (Wildman–Crippen MR) is 119 cm³/mol. The van der Waals surface area contributed by atoms with Gasteiger partial charge in [-0.15, -0.1) is 0 Å². The van der Waals surface area contributed by atoms with Crippen LogP contribution in [0.15, 0.2) is 0 Å². The van der Waals surface area contributed by atoms with E-state index in [1.165, 1.54) is 0 Å². The molecule has 2 unspecified atom stereocenters. The van der Waals surface area contributed by atoms with Gasteiger partial charge < -0.3 is 20.1 Å². The van der Waals surface area contributed by atoms with Gasteiger partial charge in [-0.25, -0.2) is 0 Å². The SMILES string of the molecule is CCOCCNCCN1CCOC(CC(C)N(CCNCC(C)C)C(C)C)C1. The number of nitrogens with zero attached hydrogens (tertiary/aromatic N) is 2. The van der Waals surface area contributed by atoms with Crippen LogP contribution in [-0.4, -0.2) is 100 Å². The number of ether oxygens (including phenoxy) is 2. The Bertz CT molecular complexity index is 368. The molecule has 1 fully saturated rings. The van der Waals surface area contributed by atoms with Gasteiger partial charge in [0.25, 0.3) is 0 Å². The molecule has 0 aliphatic carbocycles. The van der Waals surface area contributed by atoms with E-state index in [0.717, 1.165) is 78.6 Å². The van der Waals surface area contributed by atoms with E-state index in [9.17, 15) is 0 Å². The van der Waals surface area contributed by atoms with Gasteiger partial charge in [0, 0.05) is 64.5 Å². The van der Waals surface area contributed by atoms with Crippen LogP contribution in [0.1, 0.15) is 48.0 Å². The summed E-state index contributed by atoms with van der Waals surface area (Å²) in [6.07, 6.45) is 1.45. The summed E-state index contributed by atoms with van der Waals surface area (Å²) in [6.45, 7) is 24.4. The molecule has 1 aliphatic heterocycles. The largest absolute Gasteiger partial charge is 0.380 e. The number of nitrogens with one attached hydrogen (secondary N) is 2. The molecule has 6 nitrogen and oxygen atoms in total. The first-order valence-corrected chi connectivity index (χ1v) is 11.5. The number of hydrogen-bond donors (Lipinski definition) is 2. The van der Waals surface area contributed by atoms with Gasteiger partial charge >= 0.3 is 0 Å². The van der Waals surface area contributed by atoms with E-state index >= 15 is 0 Å². The summed E-state index contributed by atoms with van der Waals surface area (Å²) in [5, 5.41) is 7.05. The van der Waals surface area contributed by atoms with E-state index in [1.54, 1.807) is 0 Å². The topological polar surface area (TPSA) is 49.0 Å². The maximum Gasteiger partial charge on any atom is 0.0717 e. The summed E-state index contributed by atoms with van der Waals surface area (Å²) in [5.74, 6) is 0.709. The quantitative estimate of drug-likeness (QED) is 0.387. The van der Waals surface area contributed by atoms with Crippen molar-refractivity contribution in [1.82, 2.24) is 20.4 Å². The lowest BCUT2D eigenvalue weighted by molar-refractivity contribution is -0.0439. The first kappa shape index (κ1) is 25.8. The molecular formula is C22H48N4O2. The third-order valence-corrected chi connectivity index (χ3v) is 5.39. The van der Waals surface area contributed by atoms with Gasteiger partial charge in [0.1, 0.15) is 0 Å². The lowest BCUT2D eigenvalue weighted by Crippen LogP contribution is -2.49. The van der Waals surface area contributed by atoms with Gasteiger partial charge in [-0.2, -0.15) is 0 Å². The van der Waals surface area contributed by atoms with Gasteiger partial charge in [-0.1, -0.05) is 13.8 Å². The molecule has 1 heterocycles. The first-order valence-electron chi connectivity index (χ1n) is 11.5. The van der Waals surface area contributed by atoms with Crippen molar-refractivity contribution >= 4 is 0 Å². The summed E-state index contributed by atoms with van der Waals surface area (Å²) in [4.78, 5) is 5.16. The molecule has 1 aliphatic rings. The molecule has 1 rings (SSSR count). The van der Waals surface area contributed by atoms with E-state index < -0.39 is 0 Å². The third-order valence-electron chi connectivity index (χ3n) is 5.39. The van der Waals surface area contributed by atoms with Crippen LogP contribution in [0, 0.1) is 5.92 Å². The molecule has 2 N–H and O–H groups in total. The predicted octanol–water partition coefficient (Wildman–Crippen LogP) is 2.05. The van der Waals surface area contributed by atoms with Crippen LogP contribution in [0.4, 0.5) is 0 Å². The lowest BCUT2D eigenvalue weighted by atomic mass is 10.1. The standard InChI is InChI=1S/C22H48N4O2/c1-7-27-14-10-23-8-11-25-13-15-28-22(18-25)16-21(6)26(20(4)5)12-9-24-17-19(2)3/h19-24H,7-18H2,1-6H3. The highest BCUT2D eigenvalue weighted by molar-refractivity contribution is 4.80. The van der Waals surface area contributed by atoms with Crippen molar-refractivity contribution in [3.8, 4) is 0 Å². The number of rotatable bonds is 16. The minimum absolute atomic E-state index is 0.344. The number of hydrogen-bond acceptors (Lipinski definition) is 6. The third kappa shape index (κ3) is 11.7. The minimum atomic E-state index is 0.344. The Balaban J connectivity index is 2.30. The van der Waals surface area contributed by atoms with E-state index in [4.69, 9.17) is 9.47 Å². The maximum atomic E-state index is 6.10. The van der Waals surface area contributed by atoms with E-state index in [-0.39, 0.29) is 0 Å². The van der Waals surface area contributed by atoms with E-state index in [2.05, 4.69) is 55.1 Å². The first-order chi connectivity index (χ1) is 13.4. The highest BCUT2D eigenvalue weighted by Crippen LogP contribution is 2.16. The normalized spacial score (nSPS) is 19.8. The smallest absolute Gasteiger partial charge is 0.0717 e. The van der Waals surface area contributed by atoms with Crippen molar-refractivity contribution in [2.45, 2.75) is 66.2 Å². The van der Waals surface area contributed by atoms with Crippen LogP contribution in [0.3, 0.4) is 0 Å². The van der Waals surface area contributed by atoms with Crippen molar-refractivity contribution in [2.75, 3.05) is 72.2 Å². The fraction of sp³-hybridized carbons (Fsp3) is 1.00. The fourth-order valence-corrected chi connectivity index (χ4v) is 3.88. The van der Waals surface area contributed by atoms with E-state index in [1.807, 2.05) is 6.92 Å². The van der Waals surface area contributed by atoms with Crippen LogP contribution in [0.5, 0.6) is 0 Å². The summed E-state index contributed by atoms with van der Waals surface area (Å²) < 4.78 is 11.5. The summed E-state index contributed by atoms with van der Waals surface area (Å²) in [7, 11) is 0. The average molecular weight is 401 g/mol. The molecule has 0 spiro atoms. The zero-order valence-electron chi connectivity index (χ0n) is 19.5. The molecule has 0 radical (unpaired) electrons. The second kappa shape index (κ2) is 15.6. The van der Waals surface area contributed by atoms with Gasteiger partial charge in [0.2, 0.25) is 0 Å². The molecule has 0 amide bonds. The second-order valence-electron chi connectivity index (χ2n) is 8.75. The molecule has 0 aromatic rings. The monoisotopic (exact) mass is 400 g/mol. The molecule has 168 valence electrons. The molecule has 28 heavy (non-hydrogen) atoms. The van der Waals surface area contributed by atoms with Crippen molar-refractivity contribution in [3.63, 3.8) is 0 Å². The van der Waals surface area contributed by atoms with Crippen LogP contribution < -0.4 is 10.6 Å². The zero-order valence-corrected chi connectivity index (χ0v) is 19.5. The Hall–Kier alpha value is -0.240. The molecule has 0 aromatic carbocycles. The van der Waals surface area contributed by atoms with Crippen molar-refractivity contribution in [1.29, 1.82) is 0 Å². The van der Waals surface area contributed by atoms with E-state index in [0.29, 0.717) is 24.1 Å². The Morgan fingerprint density at radius 3 is 2.57 bits per heavy atom. The van der Waals surface area contributed by atoms with Crippen LogP contribution in [0.2, 0.25) is 0 Å². The maximum absolute atomic E-state index is 6.10. The summed E-state index contributed by atoms with van der Waals surface area (Å²) in [5.41, 5.74) is 0. The molecule has 1 saturated heterocycles. The Morgan fingerprint density at radius 1 is 1.11 bits per heavy atom. The van der Waals surface area contributed by atoms with Crippen LogP contribution in [0.25, 0.3) is 0 Å². The second-order valence-corrected chi connectivity index (χ2v) is 8.75. The summed E-state index contributed by atoms with van der Waals surface area (Å²) in [6, 6.07) is 1.10. The molecule has 6 heteroatoms. The zero-order chi connectivity index (χ0) is 20.8. The minimum Gasteiger partial charge on any atom is -0.380 e. The van der Waals surface area contributed by atoms with Crippen molar-refractivity contribution in [3.05, 3.63) is 0 Å². The summed E-state index contributed by atoms with van der Waals surface area (Å²) >= 11 is 0. The molecular weight excluding hydrogens is 352 g/mol. The van der Waals surface area contributed by atoms with Crippen LogP contribution >= 0.6 is 0 Å². The Kier molecular flexibility index (Phi) is 14.4. The van der Waals surface area contributed by atoms with Gasteiger partial charge in [0.05, 0.1) is 19.3 Å². The highest BCUT2D eigenvalue weighted by atomic mass is 16.5. The van der Waals surface area contributed by atoms with Gasteiger partial charge in [-0.3, -0.25) is 9.80 Å². The lowest BCUT2D eigenvalue weighted by Gasteiger charge is -2.38. The Labute approximate surface area is 174 Å². The fourth-order valence-electron chi connectivity index (χ4n) is 3.88. The average Bonchev–Trinajstić information content (AvgIpc) is 2.64. The van der Waals surface area contributed by atoms with Gasteiger partial charge in [0.15, 0.2) is 0 Å². The molecule has 0 saturated carbocycles. The molecule has 0 bridgehead atoms. The number of morpholine rings is 1. The van der Waals surface area contributed by atoms with Crippen molar-refractivity contribution in [2.24, 2.45) is 5.92 Å². The van der Waals surface area contributed by atoms with Crippen LogP contribution in [-0.2, 0) is 9.47 Å². The molecule has 2 atom stereocenters. The van der Waals surface area contributed by atoms with Crippen molar-refractivity contribution < 1.29 is 9.47 Å². The highest BCUT2D eigenvalue weighted by Gasteiger charge is 2.25. The molecule has 0 aromatic heterocycles.